The first kappa shape index (κ1) is 16.0. The molecule has 21 heavy (non-hydrogen) atoms. The molecule has 2 heterocycles. The standard InChI is InChI=1S/C16H26N2O3/c1-2-20-12-6-9-17-16(19)15-8-7-14(21-15)13-18-10-4-3-5-11-18/h7-8H,2-6,9-13H2,1H3,(H,17,19). The van der Waals surface area contributed by atoms with Gasteiger partial charge in [-0.15, -0.1) is 0 Å². The van der Waals surface area contributed by atoms with E-state index in [-0.39, 0.29) is 5.91 Å². The van der Waals surface area contributed by atoms with Crippen LogP contribution in [-0.4, -0.2) is 43.7 Å². The zero-order valence-corrected chi connectivity index (χ0v) is 12.9. The van der Waals surface area contributed by atoms with Crippen molar-refractivity contribution < 1.29 is 13.9 Å². The van der Waals surface area contributed by atoms with Gasteiger partial charge in [0.2, 0.25) is 0 Å². The molecule has 1 N–H and O–H groups in total. The summed E-state index contributed by atoms with van der Waals surface area (Å²) < 4.78 is 10.9. The zero-order chi connectivity index (χ0) is 14.9. The Labute approximate surface area is 126 Å². The third-order valence-electron chi connectivity index (χ3n) is 3.67. The minimum absolute atomic E-state index is 0.142. The van der Waals surface area contributed by atoms with Gasteiger partial charge in [-0.25, -0.2) is 0 Å². The zero-order valence-electron chi connectivity index (χ0n) is 12.9. The average molecular weight is 294 g/mol. The molecule has 1 fully saturated rings. The fraction of sp³-hybridized carbons (Fsp3) is 0.688. The first-order chi connectivity index (χ1) is 10.3. The predicted octanol–water partition coefficient (Wildman–Crippen LogP) is 2.42. The van der Waals surface area contributed by atoms with Gasteiger partial charge in [-0.05, 0) is 51.4 Å². The van der Waals surface area contributed by atoms with Crippen LogP contribution in [0.4, 0.5) is 0 Å². The maximum Gasteiger partial charge on any atom is 0.286 e. The van der Waals surface area contributed by atoms with E-state index in [0.29, 0.717) is 25.5 Å². The Bertz CT molecular complexity index is 425. The predicted molar refractivity (Wildman–Crippen MR) is 81.3 cm³/mol. The lowest BCUT2D eigenvalue weighted by Gasteiger charge is -2.25. The molecule has 0 radical (unpaired) electrons. The summed E-state index contributed by atoms with van der Waals surface area (Å²) >= 11 is 0. The lowest BCUT2D eigenvalue weighted by atomic mass is 10.1. The van der Waals surface area contributed by atoms with Crippen molar-refractivity contribution in [2.24, 2.45) is 0 Å². The molecule has 1 saturated heterocycles. The molecule has 1 aromatic heterocycles. The Morgan fingerprint density at radius 3 is 2.90 bits per heavy atom. The topological polar surface area (TPSA) is 54.7 Å². The van der Waals surface area contributed by atoms with Gasteiger partial charge >= 0.3 is 0 Å². The van der Waals surface area contributed by atoms with Crippen molar-refractivity contribution in [1.29, 1.82) is 0 Å². The van der Waals surface area contributed by atoms with E-state index in [1.807, 2.05) is 13.0 Å². The van der Waals surface area contributed by atoms with Crippen molar-refractivity contribution in [3.05, 3.63) is 23.7 Å². The Balaban J connectivity index is 1.72. The maximum atomic E-state index is 11.9. The number of carbonyl (C=O) groups is 1. The van der Waals surface area contributed by atoms with Crippen LogP contribution in [0.2, 0.25) is 0 Å². The molecule has 2 rings (SSSR count). The summed E-state index contributed by atoms with van der Waals surface area (Å²) in [5, 5.41) is 2.85. The van der Waals surface area contributed by atoms with Crippen LogP contribution in [0.3, 0.4) is 0 Å². The second kappa shape index (κ2) is 8.85. The number of piperidine rings is 1. The number of hydrogen-bond donors (Lipinski definition) is 1. The smallest absolute Gasteiger partial charge is 0.286 e. The van der Waals surface area contributed by atoms with Crippen LogP contribution in [0.5, 0.6) is 0 Å². The molecule has 1 aliphatic rings. The van der Waals surface area contributed by atoms with E-state index in [1.54, 1.807) is 6.07 Å². The first-order valence-corrected chi connectivity index (χ1v) is 7.96. The minimum atomic E-state index is -0.142. The SMILES string of the molecule is CCOCCCNC(=O)c1ccc(CN2CCCCC2)o1. The number of likely N-dealkylation sites (tertiary alicyclic amines) is 1. The number of rotatable bonds is 8. The highest BCUT2D eigenvalue weighted by Crippen LogP contribution is 2.15. The molecule has 0 bridgehead atoms. The summed E-state index contributed by atoms with van der Waals surface area (Å²) in [6.45, 7) is 7.02. The highest BCUT2D eigenvalue weighted by atomic mass is 16.5. The molecule has 0 saturated carbocycles. The van der Waals surface area contributed by atoms with Gasteiger partial charge in [0.15, 0.2) is 5.76 Å². The van der Waals surface area contributed by atoms with Crippen LogP contribution in [0.25, 0.3) is 0 Å². The highest BCUT2D eigenvalue weighted by Gasteiger charge is 2.15. The summed E-state index contributed by atoms with van der Waals surface area (Å²) in [5.41, 5.74) is 0. The van der Waals surface area contributed by atoms with E-state index in [2.05, 4.69) is 10.2 Å². The molecule has 118 valence electrons. The van der Waals surface area contributed by atoms with Crippen molar-refractivity contribution in [3.63, 3.8) is 0 Å². The first-order valence-electron chi connectivity index (χ1n) is 7.96. The molecule has 0 unspecified atom stereocenters. The molecular weight excluding hydrogens is 268 g/mol. The van der Waals surface area contributed by atoms with Crippen molar-refractivity contribution in [2.75, 3.05) is 32.8 Å². The normalized spacial score (nSPS) is 16.0. The molecule has 1 amide bonds. The van der Waals surface area contributed by atoms with Crippen molar-refractivity contribution in [2.45, 2.75) is 39.2 Å². The summed E-state index contributed by atoms with van der Waals surface area (Å²) in [6, 6.07) is 3.67. The van der Waals surface area contributed by atoms with Gasteiger partial charge in [-0.2, -0.15) is 0 Å². The molecule has 1 aliphatic heterocycles. The number of hydrogen-bond acceptors (Lipinski definition) is 4. The molecule has 0 aliphatic carbocycles. The summed E-state index contributed by atoms with van der Waals surface area (Å²) in [5.74, 6) is 1.13. The molecule has 0 atom stereocenters. The Hall–Kier alpha value is -1.33. The summed E-state index contributed by atoms with van der Waals surface area (Å²) in [4.78, 5) is 14.3. The molecule has 0 spiro atoms. The van der Waals surface area contributed by atoms with E-state index >= 15 is 0 Å². The number of nitrogens with zero attached hydrogens (tertiary/aromatic N) is 1. The van der Waals surface area contributed by atoms with Gasteiger partial charge < -0.3 is 14.5 Å². The fourth-order valence-electron chi connectivity index (χ4n) is 2.53. The van der Waals surface area contributed by atoms with Crippen LogP contribution < -0.4 is 5.32 Å². The maximum absolute atomic E-state index is 11.9. The van der Waals surface area contributed by atoms with E-state index in [4.69, 9.17) is 9.15 Å². The molecule has 1 aromatic rings. The van der Waals surface area contributed by atoms with E-state index < -0.39 is 0 Å². The molecule has 0 aromatic carbocycles. The number of nitrogens with one attached hydrogen (secondary N) is 1. The van der Waals surface area contributed by atoms with Gasteiger partial charge in [0.1, 0.15) is 5.76 Å². The lowest BCUT2D eigenvalue weighted by molar-refractivity contribution is 0.0912. The van der Waals surface area contributed by atoms with Gasteiger partial charge in [0.05, 0.1) is 6.54 Å². The van der Waals surface area contributed by atoms with Crippen molar-refractivity contribution in [1.82, 2.24) is 10.2 Å². The van der Waals surface area contributed by atoms with E-state index in [0.717, 1.165) is 31.8 Å². The van der Waals surface area contributed by atoms with E-state index in [9.17, 15) is 4.79 Å². The van der Waals surface area contributed by atoms with Crippen LogP contribution in [0.1, 0.15) is 48.9 Å². The lowest BCUT2D eigenvalue weighted by Crippen LogP contribution is -2.29. The van der Waals surface area contributed by atoms with Crippen LogP contribution in [-0.2, 0) is 11.3 Å². The Kier molecular flexibility index (Phi) is 6.76. The minimum Gasteiger partial charge on any atom is -0.455 e. The van der Waals surface area contributed by atoms with Crippen LogP contribution in [0.15, 0.2) is 16.5 Å². The van der Waals surface area contributed by atoms with Crippen molar-refractivity contribution in [3.8, 4) is 0 Å². The largest absolute Gasteiger partial charge is 0.455 e. The second-order valence-corrected chi connectivity index (χ2v) is 5.41. The number of carbonyl (C=O) groups excluding carboxylic acids is 1. The quantitative estimate of drug-likeness (QED) is 0.748. The van der Waals surface area contributed by atoms with E-state index in [1.165, 1.54) is 19.3 Å². The Morgan fingerprint density at radius 2 is 2.14 bits per heavy atom. The third kappa shape index (κ3) is 5.52. The molecule has 5 heteroatoms. The Morgan fingerprint density at radius 1 is 1.33 bits per heavy atom. The van der Waals surface area contributed by atoms with Crippen molar-refractivity contribution >= 4 is 5.91 Å². The molecular formula is C16H26N2O3. The number of furan rings is 1. The number of ether oxygens (including phenoxy) is 1. The average Bonchev–Trinajstić information content (AvgIpc) is 2.96. The van der Waals surface area contributed by atoms with Gasteiger partial charge in [-0.3, -0.25) is 9.69 Å². The summed E-state index contributed by atoms with van der Waals surface area (Å²) in [6.07, 6.45) is 4.66. The third-order valence-corrected chi connectivity index (χ3v) is 3.67. The van der Waals surface area contributed by atoms with Crippen LogP contribution >= 0.6 is 0 Å². The number of amides is 1. The van der Waals surface area contributed by atoms with Crippen LogP contribution in [0, 0.1) is 0 Å². The second-order valence-electron chi connectivity index (χ2n) is 5.41. The molecule has 5 nitrogen and oxygen atoms in total. The van der Waals surface area contributed by atoms with Gasteiger partial charge in [0.25, 0.3) is 5.91 Å². The summed E-state index contributed by atoms with van der Waals surface area (Å²) in [7, 11) is 0. The highest BCUT2D eigenvalue weighted by molar-refractivity contribution is 5.91. The van der Waals surface area contributed by atoms with Gasteiger partial charge in [-0.1, -0.05) is 6.42 Å². The monoisotopic (exact) mass is 294 g/mol. The van der Waals surface area contributed by atoms with Gasteiger partial charge in [0, 0.05) is 19.8 Å². The fourth-order valence-corrected chi connectivity index (χ4v) is 2.53.